The van der Waals surface area contributed by atoms with Gasteiger partial charge in [-0.15, -0.1) is 6.58 Å². The van der Waals surface area contributed by atoms with E-state index in [1.807, 2.05) is 0 Å². The third kappa shape index (κ3) is 3.64. The summed E-state index contributed by atoms with van der Waals surface area (Å²) in [5.74, 6) is -0.315. The van der Waals surface area contributed by atoms with E-state index in [2.05, 4.69) is 16.9 Å². The van der Waals surface area contributed by atoms with E-state index < -0.39 is 36.3 Å². The molecule has 0 spiro atoms. The molecule has 1 aliphatic heterocycles. The van der Waals surface area contributed by atoms with E-state index in [9.17, 15) is 24.9 Å². The maximum absolute atomic E-state index is 12.0. The van der Waals surface area contributed by atoms with E-state index in [4.69, 9.17) is 4.74 Å². The van der Waals surface area contributed by atoms with Gasteiger partial charge in [0.05, 0.1) is 6.10 Å². The van der Waals surface area contributed by atoms with Crippen LogP contribution in [0.2, 0.25) is 0 Å². The first-order valence-corrected chi connectivity index (χ1v) is 7.02. The lowest BCUT2D eigenvalue weighted by Gasteiger charge is -2.19. The van der Waals surface area contributed by atoms with Gasteiger partial charge >= 0.3 is 5.69 Å². The first-order chi connectivity index (χ1) is 10.8. The quantitative estimate of drug-likeness (QED) is 0.497. The van der Waals surface area contributed by atoms with Gasteiger partial charge in [-0.05, 0) is 12.5 Å². The van der Waals surface area contributed by atoms with Gasteiger partial charge in [0.2, 0.25) is 5.91 Å². The van der Waals surface area contributed by atoms with E-state index in [0.717, 1.165) is 4.57 Å². The molecular weight excluding hydrogens is 306 g/mol. The highest BCUT2D eigenvalue weighted by Crippen LogP contribution is 2.31. The molecular formula is C14H19N3O6. The number of nitrogens with zero attached hydrogens (tertiary/aromatic N) is 2. The molecule has 0 aliphatic carbocycles. The molecule has 0 bridgehead atoms. The second-order valence-corrected chi connectivity index (χ2v) is 5.25. The Labute approximate surface area is 131 Å². The normalized spacial score (nSPS) is 28.3. The number of hydrogen-bond donors (Lipinski definition) is 4. The van der Waals surface area contributed by atoms with E-state index in [1.165, 1.54) is 25.3 Å². The number of aliphatic hydroxyl groups excluding tert-OH is 3. The van der Waals surface area contributed by atoms with Crippen LogP contribution in [-0.2, 0) is 9.53 Å². The number of hydrogen-bond acceptors (Lipinski definition) is 7. The van der Waals surface area contributed by atoms with Crippen molar-refractivity contribution in [3.8, 4) is 0 Å². The summed E-state index contributed by atoms with van der Waals surface area (Å²) in [7, 11) is 0. The number of aromatic nitrogens is 2. The lowest BCUT2D eigenvalue weighted by atomic mass is 10.0. The van der Waals surface area contributed by atoms with Crippen molar-refractivity contribution in [1.82, 2.24) is 9.55 Å². The van der Waals surface area contributed by atoms with Crippen molar-refractivity contribution in [1.29, 1.82) is 0 Å². The summed E-state index contributed by atoms with van der Waals surface area (Å²) in [5, 5.41) is 32.3. The van der Waals surface area contributed by atoms with Gasteiger partial charge in [0.25, 0.3) is 0 Å². The van der Waals surface area contributed by atoms with E-state index in [0.29, 0.717) is 0 Å². The van der Waals surface area contributed by atoms with Crippen LogP contribution in [0.1, 0.15) is 19.6 Å². The summed E-state index contributed by atoms with van der Waals surface area (Å²) in [6.45, 7) is 4.76. The molecule has 9 heteroatoms. The van der Waals surface area contributed by atoms with Crippen LogP contribution in [0, 0.1) is 0 Å². The van der Waals surface area contributed by atoms with E-state index >= 15 is 0 Å². The summed E-state index contributed by atoms with van der Waals surface area (Å²) < 4.78 is 6.41. The van der Waals surface area contributed by atoms with Gasteiger partial charge in [0, 0.05) is 13.1 Å². The van der Waals surface area contributed by atoms with Crippen LogP contribution in [0.3, 0.4) is 0 Å². The minimum atomic E-state index is -1.41. The number of carbonyl (C=O) groups excluding carboxylic acids is 1. The third-order valence-electron chi connectivity index (χ3n) is 3.47. The van der Waals surface area contributed by atoms with Gasteiger partial charge in [-0.25, -0.2) is 4.79 Å². The summed E-state index contributed by atoms with van der Waals surface area (Å²) in [4.78, 5) is 26.6. The van der Waals surface area contributed by atoms with Crippen LogP contribution in [0.4, 0.5) is 5.82 Å². The number of ether oxygens (including phenoxy) is 1. The van der Waals surface area contributed by atoms with Crippen molar-refractivity contribution in [2.45, 2.75) is 44.0 Å². The van der Waals surface area contributed by atoms with E-state index in [-0.39, 0.29) is 18.1 Å². The van der Waals surface area contributed by atoms with Crippen LogP contribution < -0.4 is 11.0 Å². The SMILES string of the molecule is C=CC[C@H](O)[C@H]1O[C@@H](n2ccc(NC(C)=O)nc2=O)[C@H](O)[C@@H]1O. The number of anilines is 1. The molecule has 4 N–H and O–H groups in total. The summed E-state index contributed by atoms with van der Waals surface area (Å²) in [6, 6.07) is 1.36. The molecule has 1 aliphatic rings. The number of aliphatic hydroxyl groups is 3. The van der Waals surface area contributed by atoms with Crippen molar-refractivity contribution < 1.29 is 24.9 Å². The predicted octanol–water partition coefficient (Wildman–Crippen LogP) is -1.24. The minimum absolute atomic E-state index is 0.0648. The van der Waals surface area contributed by atoms with Crippen molar-refractivity contribution in [3.63, 3.8) is 0 Å². The van der Waals surface area contributed by atoms with E-state index in [1.54, 1.807) is 0 Å². The molecule has 1 amide bonds. The summed E-state index contributed by atoms with van der Waals surface area (Å²) >= 11 is 0. The average molecular weight is 325 g/mol. The van der Waals surface area contributed by atoms with Crippen molar-refractivity contribution in [2.75, 3.05) is 5.32 Å². The molecule has 0 saturated carbocycles. The highest BCUT2D eigenvalue weighted by atomic mass is 16.6. The molecule has 2 rings (SSSR count). The number of amides is 1. The molecule has 1 saturated heterocycles. The summed E-state index contributed by atoms with van der Waals surface area (Å²) in [5.41, 5.74) is -0.772. The molecule has 0 unspecified atom stereocenters. The topological polar surface area (TPSA) is 134 Å². The van der Waals surface area contributed by atoms with Gasteiger partial charge in [-0.2, -0.15) is 4.98 Å². The maximum Gasteiger partial charge on any atom is 0.351 e. The Morgan fingerprint density at radius 2 is 2.26 bits per heavy atom. The van der Waals surface area contributed by atoms with Gasteiger partial charge < -0.3 is 25.4 Å². The fraction of sp³-hybridized carbons (Fsp3) is 0.500. The predicted molar refractivity (Wildman–Crippen MR) is 79.5 cm³/mol. The highest BCUT2D eigenvalue weighted by molar-refractivity contribution is 5.87. The lowest BCUT2D eigenvalue weighted by Crippen LogP contribution is -2.38. The molecule has 1 aromatic rings. The standard InChI is InChI=1S/C14H19N3O6/c1-3-4-8(19)12-10(20)11(21)13(23-12)17-6-5-9(15-7(2)18)16-14(17)22/h3,5-6,8,10-13,19-21H,1,4H2,2H3,(H,15,16,18,22)/t8-,10-,11+,12+,13+/m0/s1. The van der Waals surface area contributed by atoms with Gasteiger partial charge in [-0.1, -0.05) is 6.08 Å². The Morgan fingerprint density at radius 3 is 2.83 bits per heavy atom. The molecule has 9 nitrogen and oxygen atoms in total. The van der Waals surface area contributed by atoms with Crippen LogP contribution in [0.15, 0.2) is 29.7 Å². The molecule has 126 valence electrons. The molecule has 2 heterocycles. The number of carbonyl (C=O) groups is 1. The van der Waals surface area contributed by atoms with Crippen molar-refractivity contribution in [3.05, 3.63) is 35.4 Å². The Balaban J connectivity index is 2.23. The number of rotatable bonds is 5. The van der Waals surface area contributed by atoms with Crippen LogP contribution in [0.25, 0.3) is 0 Å². The molecule has 0 aromatic carbocycles. The fourth-order valence-corrected chi connectivity index (χ4v) is 2.39. The zero-order valence-electron chi connectivity index (χ0n) is 12.5. The molecule has 23 heavy (non-hydrogen) atoms. The minimum Gasteiger partial charge on any atom is -0.390 e. The van der Waals surface area contributed by atoms with Crippen molar-refractivity contribution in [2.24, 2.45) is 0 Å². The van der Waals surface area contributed by atoms with Crippen LogP contribution in [0.5, 0.6) is 0 Å². The zero-order chi connectivity index (χ0) is 17.1. The highest BCUT2D eigenvalue weighted by Gasteiger charge is 2.46. The number of nitrogens with one attached hydrogen (secondary N) is 1. The summed E-state index contributed by atoms with van der Waals surface area (Å²) in [6.07, 6.45) is -3.20. The zero-order valence-corrected chi connectivity index (χ0v) is 12.5. The molecule has 5 atom stereocenters. The lowest BCUT2D eigenvalue weighted by molar-refractivity contribution is -0.114. The van der Waals surface area contributed by atoms with Crippen LogP contribution >= 0.6 is 0 Å². The maximum atomic E-state index is 12.0. The Hall–Kier alpha value is -2.07. The van der Waals surface area contributed by atoms with Gasteiger partial charge in [0.1, 0.15) is 24.1 Å². The average Bonchev–Trinajstić information content (AvgIpc) is 2.75. The first kappa shape index (κ1) is 17.3. The first-order valence-electron chi connectivity index (χ1n) is 7.02. The third-order valence-corrected chi connectivity index (χ3v) is 3.47. The molecule has 1 fully saturated rings. The Kier molecular flexibility index (Phi) is 5.26. The van der Waals surface area contributed by atoms with Gasteiger partial charge in [-0.3, -0.25) is 9.36 Å². The Bertz CT molecular complexity index is 646. The molecule has 0 radical (unpaired) electrons. The Morgan fingerprint density at radius 1 is 1.57 bits per heavy atom. The van der Waals surface area contributed by atoms with Crippen LogP contribution in [-0.4, -0.2) is 55.2 Å². The van der Waals surface area contributed by atoms with Gasteiger partial charge in [0.15, 0.2) is 6.23 Å². The fourth-order valence-electron chi connectivity index (χ4n) is 2.39. The smallest absolute Gasteiger partial charge is 0.351 e. The largest absolute Gasteiger partial charge is 0.390 e. The molecule has 1 aromatic heterocycles. The van der Waals surface area contributed by atoms with Crippen molar-refractivity contribution >= 4 is 11.7 Å². The second kappa shape index (κ2) is 7.01. The monoisotopic (exact) mass is 325 g/mol. The second-order valence-electron chi connectivity index (χ2n) is 5.25.